The number of nitrogens with one attached hydrogen (secondary N) is 1. The Hall–Kier alpha value is -1.95. The van der Waals surface area contributed by atoms with Crippen molar-refractivity contribution < 1.29 is 13.5 Å². The van der Waals surface area contributed by atoms with Crippen molar-refractivity contribution in [1.29, 1.82) is 0 Å². The molecule has 0 bridgehead atoms. The van der Waals surface area contributed by atoms with Gasteiger partial charge in [0, 0.05) is 17.3 Å². The van der Waals surface area contributed by atoms with Crippen LogP contribution in [0.2, 0.25) is 0 Å². The Morgan fingerprint density at radius 3 is 2.61 bits per heavy atom. The Labute approximate surface area is 103 Å². The van der Waals surface area contributed by atoms with Gasteiger partial charge >= 0.3 is 0 Å². The fourth-order valence-corrected chi connectivity index (χ4v) is 1.75. The second-order valence-electron chi connectivity index (χ2n) is 3.83. The lowest BCUT2D eigenvalue weighted by Gasteiger charge is -2.06. The topological polar surface area (TPSA) is 63.9 Å². The number of ether oxygens (including phenoxy) is 1. The zero-order valence-corrected chi connectivity index (χ0v) is 10.1. The lowest BCUT2D eigenvalue weighted by Crippen LogP contribution is -1.98. The number of hydrogen-bond acceptors (Lipinski definition) is 3. The minimum atomic E-state index is -0.634. The summed E-state index contributed by atoms with van der Waals surface area (Å²) >= 11 is 0. The van der Waals surface area contributed by atoms with Gasteiger partial charge in [0.05, 0.1) is 19.3 Å². The van der Waals surface area contributed by atoms with Gasteiger partial charge in [-0.3, -0.25) is 0 Å². The maximum absolute atomic E-state index is 13.9. The Morgan fingerprint density at radius 1 is 1.33 bits per heavy atom. The van der Waals surface area contributed by atoms with E-state index >= 15 is 0 Å². The number of aryl methyl sites for hydroxylation is 1. The summed E-state index contributed by atoms with van der Waals surface area (Å²) in [6.45, 7) is 1.93. The molecule has 18 heavy (non-hydrogen) atoms. The van der Waals surface area contributed by atoms with Crippen LogP contribution in [0.15, 0.2) is 12.1 Å². The van der Waals surface area contributed by atoms with Gasteiger partial charge in [-0.25, -0.2) is 13.8 Å². The van der Waals surface area contributed by atoms with Crippen molar-refractivity contribution in [3.8, 4) is 17.0 Å². The van der Waals surface area contributed by atoms with Crippen LogP contribution in [0.1, 0.15) is 11.5 Å². The molecule has 1 aromatic heterocycles. The average molecular weight is 253 g/mol. The van der Waals surface area contributed by atoms with E-state index in [1.54, 1.807) is 6.92 Å². The van der Waals surface area contributed by atoms with Crippen molar-refractivity contribution in [1.82, 2.24) is 9.97 Å². The number of aromatic amines is 1. The van der Waals surface area contributed by atoms with E-state index in [0.717, 1.165) is 12.1 Å². The third kappa shape index (κ3) is 2.06. The molecule has 0 radical (unpaired) electrons. The molecular weight excluding hydrogens is 240 g/mol. The highest BCUT2D eigenvalue weighted by Gasteiger charge is 2.16. The number of aromatic nitrogens is 2. The van der Waals surface area contributed by atoms with Crippen LogP contribution in [-0.2, 0) is 6.54 Å². The van der Waals surface area contributed by atoms with E-state index in [1.165, 1.54) is 7.11 Å². The molecule has 2 aromatic rings. The summed E-state index contributed by atoms with van der Waals surface area (Å²) in [7, 11) is 1.28. The highest BCUT2D eigenvalue weighted by atomic mass is 19.1. The van der Waals surface area contributed by atoms with Crippen molar-refractivity contribution in [2.45, 2.75) is 13.5 Å². The van der Waals surface area contributed by atoms with Gasteiger partial charge in [0.25, 0.3) is 0 Å². The van der Waals surface area contributed by atoms with Crippen LogP contribution in [-0.4, -0.2) is 17.1 Å². The number of imidazole rings is 1. The van der Waals surface area contributed by atoms with E-state index in [4.69, 9.17) is 10.5 Å². The molecular formula is C12H13F2N3O. The molecule has 0 fully saturated rings. The molecule has 1 aromatic carbocycles. The van der Waals surface area contributed by atoms with E-state index in [2.05, 4.69) is 9.97 Å². The number of benzene rings is 1. The van der Waals surface area contributed by atoms with Gasteiger partial charge in [-0.15, -0.1) is 0 Å². The minimum absolute atomic E-state index is 0.0850. The van der Waals surface area contributed by atoms with Crippen LogP contribution >= 0.6 is 0 Å². The van der Waals surface area contributed by atoms with E-state index < -0.39 is 11.6 Å². The van der Waals surface area contributed by atoms with Crippen molar-refractivity contribution >= 4 is 0 Å². The summed E-state index contributed by atoms with van der Waals surface area (Å²) in [6, 6.07) is 2.07. The first-order valence-corrected chi connectivity index (χ1v) is 5.35. The van der Waals surface area contributed by atoms with Crippen LogP contribution in [0.4, 0.5) is 8.78 Å². The van der Waals surface area contributed by atoms with Gasteiger partial charge in [-0.05, 0) is 13.0 Å². The summed E-state index contributed by atoms with van der Waals surface area (Å²) in [5.41, 5.74) is 6.52. The molecule has 3 N–H and O–H groups in total. The number of nitrogens with zero attached hydrogens (tertiary/aromatic N) is 1. The number of hydrogen-bond donors (Lipinski definition) is 2. The molecule has 0 unspecified atom stereocenters. The molecule has 96 valence electrons. The van der Waals surface area contributed by atoms with Gasteiger partial charge in [0.2, 0.25) is 0 Å². The quantitative estimate of drug-likeness (QED) is 0.880. The summed E-state index contributed by atoms with van der Waals surface area (Å²) < 4.78 is 32.2. The van der Waals surface area contributed by atoms with E-state index in [-0.39, 0.29) is 17.9 Å². The summed E-state index contributed by atoms with van der Waals surface area (Å²) in [6.07, 6.45) is 0. The Bertz CT molecular complexity index is 581. The maximum atomic E-state index is 13.9. The first kappa shape index (κ1) is 12.5. The predicted octanol–water partition coefficient (Wildman–Crippen LogP) is 2.13. The molecule has 0 atom stereocenters. The second-order valence-corrected chi connectivity index (χ2v) is 3.83. The Morgan fingerprint density at radius 2 is 2.06 bits per heavy atom. The zero-order chi connectivity index (χ0) is 13.3. The Kier molecular flexibility index (Phi) is 3.29. The monoisotopic (exact) mass is 253 g/mol. The molecule has 0 amide bonds. The van der Waals surface area contributed by atoms with E-state index in [1.807, 2.05) is 0 Å². The van der Waals surface area contributed by atoms with Crippen LogP contribution in [0.3, 0.4) is 0 Å². The largest absolute Gasteiger partial charge is 0.494 e. The first-order chi connectivity index (χ1) is 8.56. The van der Waals surface area contributed by atoms with Gasteiger partial charge in [-0.2, -0.15) is 0 Å². The lowest BCUT2D eigenvalue weighted by atomic mass is 10.1. The number of nitrogens with two attached hydrogens (primary N) is 1. The van der Waals surface area contributed by atoms with Gasteiger partial charge in [-0.1, -0.05) is 0 Å². The van der Waals surface area contributed by atoms with E-state index in [0.29, 0.717) is 17.2 Å². The molecule has 0 aliphatic carbocycles. The first-order valence-electron chi connectivity index (χ1n) is 5.35. The predicted molar refractivity (Wildman–Crippen MR) is 63.1 cm³/mol. The third-order valence-electron chi connectivity index (χ3n) is 2.62. The molecule has 0 aliphatic heterocycles. The summed E-state index contributed by atoms with van der Waals surface area (Å²) in [4.78, 5) is 7.04. The van der Waals surface area contributed by atoms with Crippen molar-refractivity contribution in [2.75, 3.05) is 7.11 Å². The number of halogens is 2. The molecule has 4 nitrogen and oxygen atoms in total. The molecule has 0 saturated carbocycles. The number of rotatable bonds is 3. The highest BCUT2D eigenvalue weighted by molar-refractivity contribution is 5.64. The SMILES string of the molecule is COc1cc(F)c(-c2nc(CN)[nH]c2C)cc1F. The summed E-state index contributed by atoms with van der Waals surface area (Å²) in [5, 5.41) is 0. The van der Waals surface area contributed by atoms with Gasteiger partial charge < -0.3 is 15.5 Å². The van der Waals surface area contributed by atoms with Gasteiger partial charge in [0.15, 0.2) is 11.6 Å². The number of methoxy groups -OCH3 is 1. The van der Waals surface area contributed by atoms with Crippen molar-refractivity contribution in [2.24, 2.45) is 5.73 Å². The lowest BCUT2D eigenvalue weighted by molar-refractivity contribution is 0.383. The Balaban J connectivity index is 2.56. The van der Waals surface area contributed by atoms with Crippen molar-refractivity contribution in [3.05, 3.63) is 35.3 Å². The fraction of sp³-hybridized carbons (Fsp3) is 0.250. The smallest absolute Gasteiger partial charge is 0.165 e. The molecule has 0 aliphatic rings. The maximum Gasteiger partial charge on any atom is 0.165 e. The van der Waals surface area contributed by atoms with Crippen LogP contribution in [0.25, 0.3) is 11.3 Å². The summed E-state index contributed by atoms with van der Waals surface area (Å²) in [5.74, 6) is -0.835. The van der Waals surface area contributed by atoms with Crippen LogP contribution in [0, 0.1) is 18.6 Å². The number of H-pyrrole nitrogens is 1. The standard InChI is InChI=1S/C12H13F2N3O/c1-6-12(17-11(5-15)16-6)7-3-9(14)10(18-2)4-8(7)13/h3-4H,5,15H2,1-2H3,(H,16,17). The highest BCUT2D eigenvalue weighted by Crippen LogP contribution is 2.29. The van der Waals surface area contributed by atoms with Crippen molar-refractivity contribution in [3.63, 3.8) is 0 Å². The molecule has 2 rings (SSSR count). The molecule has 0 saturated heterocycles. The molecule has 6 heteroatoms. The molecule has 0 spiro atoms. The zero-order valence-electron chi connectivity index (χ0n) is 10.1. The average Bonchev–Trinajstić information content (AvgIpc) is 2.73. The van der Waals surface area contributed by atoms with Crippen LogP contribution < -0.4 is 10.5 Å². The van der Waals surface area contributed by atoms with E-state index in [9.17, 15) is 8.78 Å². The normalized spacial score (nSPS) is 10.7. The minimum Gasteiger partial charge on any atom is -0.494 e. The van der Waals surface area contributed by atoms with Crippen LogP contribution in [0.5, 0.6) is 5.75 Å². The third-order valence-corrected chi connectivity index (χ3v) is 2.62. The molecule has 1 heterocycles. The second kappa shape index (κ2) is 4.73. The fourth-order valence-electron chi connectivity index (χ4n) is 1.75. The van der Waals surface area contributed by atoms with Gasteiger partial charge in [0.1, 0.15) is 11.6 Å².